The summed E-state index contributed by atoms with van der Waals surface area (Å²) in [5, 5.41) is 1.60. The first-order chi connectivity index (χ1) is 15.2. The van der Waals surface area contributed by atoms with Gasteiger partial charge in [0.25, 0.3) is 0 Å². The number of halogens is 2. The Morgan fingerprint density at radius 1 is 0.969 bits per heavy atom. The third-order valence-electron chi connectivity index (χ3n) is 5.59. The summed E-state index contributed by atoms with van der Waals surface area (Å²) in [6, 6.07) is 13.2. The Labute approximate surface area is 200 Å². The van der Waals surface area contributed by atoms with Crippen molar-refractivity contribution in [2.24, 2.45) is 0 Å². The summed E-state index contributed by atoms with van der Waals surface area (Å²) >= 11 is 13.6. The van der Waals surface area contributed by atoms with E-state index in [0.29, 0.717) is 15.6 Å². The Morgan fingerprint density at radius 3 is 2.44 bits per heavy atom. The average Bonchev–Trinajstić information content (AvgIpc) is 3.23. The summed E-state index contributed by atoms with van der Waals surface area (Å²) < 4.78 is 8.15. The number of ether oxygens (including phenoxy) is 1. The Morgan fingerprint density at radius 2 is 1.72 bits per heavy atom. The van der Waals surface area contributed by atoms with Gasteiger partial charge in [0.2, 0.25) is 5.78 Å². The monoisotopic (exact) mass is 485 g/mol. The van der Waals surface area contributed by atoms with Crippen LogP contribution in [-0.4, -0.2) is 22.9 Å². The topological polar surface area (TPSA) is 48.3 Å². The largest absolute Gasteiger partial charge is 0.453 e. The van der Waals surface area contributed by atoms with Crippen LogP contribution in [0.5, 0.6) is 0 Å². The zero-order valence-electron chi connectivity index (χ0n) is 18.1. The van der Waals surface area contributed by atoms with Gasteiger partial charge >= 0.3 is 5.97 Å². The second-order valence-electron chi connectivity index (χ2n) is 7.77. The molecule has 32 heavy (non-hydrogen) atoms. The number of rotatable bonds is 5. The molecule has 0 saturated heterocycles. The molecule has 0 amide bonds. The lowest BCUT2D eigenvalue weighted by molar-refractivity contribution is 0.0479. The molecule has 0 aliphatic heterocycles. The van der Waals surface area contributed by atoms with Crippen LogP contribution in [0.2, 0.25) is 10.0 Å². The van der Waals surface area contributed by atoms with Gasteiger partial charge < -0.3 is 9.30 Å². The third-order valence-corrected chi connectivity index (χ3v) is 7.46. The van der Waals surface area contributed by atoms with Crippen LogP contribution in [0.3, 0.4) is 0 Å². The van der Waals surface area contributed by atoms with Gasteiger partial charge in [-0.15, -0.1) is 11.3 Å². The number of hydrogen-bond donors (Lipinski definition) is 0. The van der Waals surface area contributed by atoms with E-state index in [0.717, 1.165) is 27.2 Å². The van der Waals surface area contributed by atoms with Crippen LogP contribution in [0.1, 0.15) is 42.5 Å². The molecule has 4 rings (SSSR count). The van der Waals surface area contributed by atoms with Gasteiger partial charge in [-0.05, 0) is 69.2 Å². The highest BCUT2D eigenvalue weighted by molar-refractivity contribution is 7.21. The molecule has 4 aromatic rings. The Bertz CT molecular complexity index is 1380. The van der Waals surface area contributed by atoms with Crippen molar-refractivity contribution < 1.29 is 14.3 Å². The van der Waals surface area contributed by atoms with Crippen molar-refractivity contribution in [3.63, 3.8) is 0 Å². The molecule has 0 N–H and O–H groups in total. The lowest BCUT2D eigenvalue weighted by Gasteiger charge is -2.12. The van der Waals surface area contributed by atoms with E-state index in [1.807, 2.05) is 30.5 Å². The number of nitrogens with zero attached hydrogens (tertiary/aromatic N) is 1. The lowest BCUT2D eigenvalue weighted by Crippen LogP contribution is -2.14. The number of fused-ring (bicyclic) bond motifs is 1. The van der Waals surface area contributed by atoms with Crippen molar-refractivity contribution in [2.45, 2.75) is 27.7 Å². The minimum Gasteiger partial charge on any atom is -0.453 e. The van der Waals surface area contributed by atoms with Gasteiger partial charge in [-0.1, -0.05) is 35.3 Å². The van der Waals surface area contributed by atoms with Crippen LogP contribution in [0, 0.1) is 27.7 Å². The first kappa shape index (κ1) is 22.6. The van der Waals surface area contributed by atoms with Crippen molar-refractivity contribution in [1.82, 2.24) is 4.57 Å². The van der Waals surface area contributed by atoms with Gasteiger partial charge in [0.15, 0.2) is 6.61 Å². The number of aromatic nitrogens is 1. The maximum Gasteiger partial charge on any atom is 0.350 e. The van der Waals surface area contributed by atoms with Crippen LogP contribution in [0.15, 0.2) is 42.5 Å². The molecular formula is C25H21Cl2NO3S. The van der Waals surface area contributed by atoms with E-state index in [-0.39, 0.29) is 17.3 Å². The minimum atomic E-state index is -0.622. The molecule has 164 valence electrons. The van der Waals surface area contributed by atoms with Gasteiger partial charge in [0.05, 0.1) is 5.02 Å². The van der Waals surface area contributed by atoms with Crippen LogP contribution < -0.4 is 0 Å². The summed E-state index contributed by atoms with van der Waals surface area (Å²) in [5.74, 6) is -0.884. The lowest BCUT2D eigenvalue weighted by atomic mass is 10.1. The van der Waals surface area contributed by atoms with Gasteiger partial charge in [0.1, 0.15) is 4.88 Å². The Balaban J connectivity index is 1.54. The summed E-state index contributed by atoms with van der Waals surface area (Å²) in [4.78, 5) is 25.8. The summed E-state index contributed by atoms with van der Waals surface area (Å²) in [7, 11) is 0. The molecule has 0 saturated carbocycles. The van der Waals surface area contributed by atoms with Crippen LogP contribution in [-0.2, 0) is 4.74 Å². The van der Waals surface area contributed by atoms with E-state index < -0.39 is 5.97 Å². The highest BCUT2D eigenvalue weighted by atomic mass is 35.5. The minimum absolute atomic E-state index is 0.261. The molecule has 0 aliphatic carbocycles. The third kappa shape index (κ3) is 4.08. The molecular weight excluding hydrogens is 465 g/mol. The Hall–Kier alpha value is -2.60. The number of carbonyl (C=O) groups is 2. The van der Waals surface area contributed by atoms with Crippen molar-refractivity contribution in [3.8, 4) is 5.69 Å². The van der Waals surface area contributed by atoms with Crippen molar-refractivity contribution in [1.29, 1.82) is 0 Å². The number of benzene rings is 2. The van der Waals surface area contributed by atoms with Crippen LogP contribution in [0.4, 0.5) is 0 Å². The van der Waals surface area contributed by atoms with Gasteiger partial charge in [-0.3, -0.25) is 4.79 Å². The van der Waals surface area contributed by atoms with Crippen molar-refractivity contribution in [2.75, 3.05) is 6.61 Å². The normalized spacial score (nSPS) is 11.2. The molecule has 7 heteroatoms. The Kier molecular flexibility index (Phi) is 6.17. The molecule has 2 aromatic heterocycles. The van der Waals surface area contributed by atoms with E-state index in [1.54, 1.807) is 18.2 Å². The molecule has 0 unspecified atom stereocenters. The van der Waals surface area contributed by atoms with Crippen molar-refractivity contribution >= 4 is 56.4 Å². The standard InChI is InChI=1S/C25H21Cl2NO3S/c1-13-5-7-18(9-14(13)2)28-15(3)10-20(16(28)4)21(29)12-31-25(30)24-23(27)19-8-6-17(26)11-22(19)32-24/h5-11H,12H2,1-4H3. The number of carbonyl (C=O) groups excluding carboxylic acids is 2. The second-order valence-corrected chi connectivity index (χ2v) is 9.64. The molecule has 0 spiro atoms. The van der Waals surface area contributed by atoms with Crippen LogP contribution >= 0.6 is 34.5 Å². The number of aryl methyl sites for hydroxylation is 3. The highest BCUT2D eigenvalue weighted by Gasteiger charge is 2.22. The fraction of sp³-hybridized carbons (Fsp3) is 0.200. The molecule has 0 fully saturated rings. The number of thiophene rings is 1. The molecule has 0 radical (unpaired) electrons. The van der Waals surface area contributed by atoms with Crippen LogP contribution in [0.25, 0.3) is 15.8 Å². The summed E-state index contributed by atoms with van der Waals surface area (Å²) in [5.41, 5.74) is 5.66. The molecule has 0 atom stereocenters. The van der Waals surface area contributed by atoms with Gasteiger partial charge in [-0.2, -0.15) is 0 Å². The first-order valence-corrected chi connectivity index (χ1v) is 11.6. The van der Waals surface area contributed by atoms with E-state index in [9.17, 15) is 9.59 Å². The number of esters is 1. The molecule has 0 bridgehead atoms. The fourth-order valence-electron chi connectivity index (χ4n) is 3.75. The zero-order valence-corrected chi connectivity index (χ0v) is 20.4. The van der Waals surface area contributed by atoms with E-state index in [1.165, 1.54) is 22.5 Å². The number of hydrogen-bond acceptors (Lipinski definition) is 4. The maximum atomic E-state index is 12.9. The SMILES string of the molecule is Cc1ccc(-n2c(C)cc(C(=O)COC(=O)c3sc4cc(Cl)ccc4c3Cl)c2C)cc1C. The summed E-state index contributed by atoms with van der Waals surface area (Å²) in [6.07, 6.45) is 0. The summed E-state index contributed by atoms with van der Waals surface area (Å²) in [6.45, 7) is 7.61. The van der Waals surface area contributed by atoms with Gasteiger partial charge in [0, 0.05) is 37.7 Å². The van der Waals surface area contributed by atoms with E-state index in [2.05, 4.69) is 26.0 Å². The predicted molar refractivity (Wildman–Crippen MR) is 131 cm³/mol. The first-order valence-electron chi connectivity index (χ1n) is 10.0. The maximum absolute atomic E-state index is 12.9. The smallest absolute Gasteiger partial charge is 0.350 e. The second kappa shape index (κ2) is 8.74. The quantitative estimate of drug-likeness (QED) is 0.220. The molecule has 2 heterocycles. The van der Waals surface area contributed by atoms with E-state index in [4.69, 9.17) is 27.9 Å². The number of ketones is 1. The van der Waals surface area contributed by atoms with Gasteiger partial charge in [-0.25, -0.2) is 4.79 Å². The molecule has 2 aromatic carbocycles. The predicted octanol–water partition coefficient (Wildman–Crippen LogP) is 7.27. The average molecular weight is 486 g/mol. The molecule has 0 aliphatic rings. The zero-order chi connectivity index (χ0) is 23.2. The van der Waals surface area contributed by atoms with Crippen molar-refractivity contribution in [3.05, 3.63) is 85.5 Å². The fourth-order valence-corrected chi connectivity index (χ4v) is 5.43. The molecule has 4 nitrogen and oxygen atoms in total. The highest BCUT2D eigenvalue weighted by Crippen LogP contribution is 2.37. The van der Waals surface area contributed by atoms with E-state index >= 15 is 0 Å². The number of Topliss-reactive ketones (excluding diaryl/α,β-unsaturated/α-hetero) is 1.